The lowest BCUT2D eigenvalue weighted by Gasteiger charge is -2.13. The third-order valence-corrected chi connectivity index (χ3v) is 3.59. The lowest BCUT2D eigenvalue weighted by Crippen LogP contribution is -2.32. The van der Waals surface area contributed by atoms with Crippen molar-refractivity contribution in [2.24, 2.45) is 4.99 Å². The van der Waals surface area contributed by atoms with Gasteiger partial charge in [0.15, 0.2) is 5.78 Å². The number of anilines is 1. The van der Waals surface area contributed by atoms with Crippen molar-refractivity contribution in [1.29, 1.82) is 0 Å². The molecule has 0 aliphatic carbocycles. The fourth-order valence-corrected chi connectivity index (χ4v) is 2.12. The van der Waals surface area contributed by atoms with Crippen molar-refractivity contribution < 1.29 is 23.9 Å². The van der Waals surface area contributed by atoms with Gasteiger partial charge >= 0.3 is 5.63 Å². The highest BCUT2D eigenvalue weighted by Crippen LogP contribution is 2.14. The Morgan fingerprint density at radius 1 is 1.17 bits per heavy atom. The molecule has 156 valence electrons. The van der Waals surface area contributed by atoms with E-state index in [1.54, 1.807) is 62.6 Å². The van der Waals surface area contributed by atoms with Crippen molar-refractivity contribution in [2.75, 3.05) is 19.4 Å². The van der Waals surface area contributed by atoms with Gasteiger partial charge in [-0.25, -0.2) is 9.79 Å². The third kappa shape index (κ3) is 6.75. The highest BCUT2D eigenvalue weighted by molar-refractivity contribution is 5.94. The van der Waals surface area contributed by atoms with Crippen molar-refractivity contribution in [1.82, 2.24) is 10.2 Å². The van der Waals surface area contributed by atoms with Gasteiger partial charge in [-0.2, -0.15) is 0 Å². The van der Waals surface area contributed by atoms with Crippen LogP contribution < -0.4 is 20.7 Å². The molecule has 0 unspecified atom stereocenters. The van der Waals surface area contributed by atoms with Crippen LogP contribution in [0.2, 0.25) is 0 Å². The van der Waals surface area contributed by atoms with Crippen LogP contribution in [0.3, 0.4) is 0 Å². The average Bonchev–Trinajstić information content (AvgIpc) is 3.15. The molecule has 1 heterocycles. The van der Waals surface area contributed by atoms with E-state index in [1.807, 2.05) is 0 Å². The van der Waals surface area contributed by atoms with Crippen LogP contribution >= 0.6 is 0 Å². The Morgan fingerprint density at radius 2 is 1.77 bits per heavy atom. The fourth-order valence-electron chi connectivity index (χ4n) is 2.12. The zero-order valence-electron chi connectivity index (χ0n) is 16.7. The lowest BCUT2D eigenvalue weighted by atomic mass is 10.1. The summed E-state index contributed by atoms with van der Waals surface area (Å²) in [5.74, 6) is -0.0482. The van der Waals surface area contributed by atoms with Gasteiger partial charge in [-0.15, -0.1) is 0 Å². The van der Waals surface area contributed by atoms with Gasteiger partial charge in [0, 0.05) is 37.5 Å². The number of amidine groups is 1. The molecule has 10 nitrogen and oxygen atoms in total. The number of aromatic amines is 1. The van der Waals surface area contributed by atoms with Gasteiger partial charge in [-0.1, -0.05) is 0 Å². The highest BCUT2D eigenvalue weighted by Gasteiger charge is 2.09. The topological polar surface area (TPSA) is 135 Å². The molecular formula is C20H21N5O5. The molecule has 3 aromatic rings. The summed E-state index contributed by atoms with van der Waals surface area (Å²) < 4.78 is 5.99. The zero-order valence-corrected chi connectivity index (χ0v) is 16.7. The molecular weight excluding hydrogens is 390 g/mol. The number of Topliss-reactive ketones (excluding diaryl/α,β-unsaturated/α-hetero) is 1. The minimum absolute atomic E-state index is 0.0482. The molecule has 10 heteroatoms. The van der Waals surface area contributed by atoms with Crippen molar-refractivity contribution >= 4 is 29.6 Å². The van der Waals surface area contributed by atoms with Crippen molar-refractivity contribution in [2.45, 2.75) is 6.92 Å². The number of carbonyl (C=O) groups excluding carboxylic acids is 2. The first-order valence-electron chi connectivity index (χ1n) is 8.74. The Bertz CT molecular complexity index is 1070. The number of nitrogens with one attached hydrogen (secondary N) is 2. The molecule has 0 fully saturated rings. The second-order valence-electron chi connectivity index (χ2n) is 6.27. The van der Waals surface area contributed by atoms with Crippen LogP contribution in [-0.4, -0.2) is 42.5 Å². The molecule has 0 aliphatic heterocycles. The smallest absolute Gasteiger partial charge is 0.427 e. The van der Waals surface area contributed by atoms with Gasteiger partial charge in [-0.3, -0.25) is 14.1 Å². The van der Waals surface area contributed by atoms with E-state index in [9.17, 15) is 19.5 Å². The summed E-state index contributed by atoms with van der Waals surface area (Å²) in [5.41, 5.74) is 1.73. The third-order valence-electron chi connectivity index (χ3n) is 3.59. The van der Waals surface area contributed by atoms with Crippen LogP contribution in [0, 0.1) is 0 Å². The first-order chi connectivity index (χ1) is 14.3. The van der Waals surface area contributed by atoms with E-state index in [2.05, 4.69) is 20.1 Å². The van der Waals surface area contributed by atoms with Crippen molar-refractivity contribution in [3.05, 3.63) is 70.7 Å². The zero-order chi connectivity index (χ0) is 22.1. The molecule has 2 N–H and O–H groups in total. The predicted molar refractivity (Wildman–Crippen MR) is 108 cm³/mol. The first-order valence-corrected chi connectivity index (χ1v) is 8.74. The van der Waals surface area contributed by atoms with Gasteiger partial charge in [0.1, 0.15) is 0 Å². The second kappa shape index (κ2) is 10.4. The normalized spacial score (nSPS) is 10.6. The largest absolute Gasteiger partial charge is 0.846 e. The summed E-state index contributed by atoms with van der Waals surface area (Å²) in [6, 6.07) is 12.6. The van der Waals surface area contributed by atoms with Crippen molar-refractivity contribution in [3.63, 3.8) is 0 Å². The number of aromatic nitrogens is 2. The highest BCUT2D eigenvalue weighted by atomic mass is 16.5. The minimum Gasteiger partial charge on any atom is -0.846 e. The number of ketones is 1. The Labute approximate surface area is 172 Å². The number of H-pyrrole nitrogens is 1. The number of benzene rings is 2. The number of nitrogens with zero attached hydrogens (tertiary/aromatic N) is 3. The predicted octanol–water partition coefficient (Wildman–Crippen LogP) is 0.611. The van der Waals surface area contributed by atoms with Crippen LogP contribution in [-0.2, 0) is 4.79 Å². The van der Waals surface area contributed by atoms with Gasteiger partial charge in [0.2, 0.25) is 12.1 Å². The van der Waals surface area contributed by atoms with E-state index < -0.39 is 11.6 Å². The van der Waals surface area contributed by atoms with Crippen LogP contribution in [0.1, 0.15) is 17.3 Å². The molecule has 30 heavy (non-hydrogen) atoms. The molecule has 0 aliphatic rings. The SMILES string of the molecule is CC(=O)c1ccc(N=C([O-])Nc2ccc(-[n+]3cc(=O)o[nH]3)cc2)cc1.CN(C)C=O. The maximum absolute atomic E-state index is 11.9. The molecule has 0 radical (unpaired) electrons. The Morgan fingerprint density at radius 3 is 2.23 bits per heavy atom. The standard InChI is InChI=1S/C17H14N4O4.C3H7NO/c1-11(22)12-2-4-13(5-3-12)18-17(24)19-14-6-8-15(9-7-14)21-10-16(23)25-20-21;1-4(2)3-5/h2-10H,1H3,(H2-,18,19,20,22,23,24);3H,1-2H3. The van der Waals surface area contributed by atoms with Gasteiger partial charge in [-0.05, 0) is 53.3 Å². The maximum atomic E-state index is 11.9. The molecule has 1 amide bonds. The molecule has 0 atom stereocenters. The van der Waals surface area contributed by atoms with E-state index in [1.165, 1.54) is 22.7 Å². The van der Waals surface area contributed by atoms with Crippen LogP contribution in [0.25, 0.3) is 5.69 Å². The van der Waals surface area contributed by atoms with Crippen LogP contribution in [0.15, 0.2) is 69.0 Å². The first kappa shape index (κ1) is 22.1. The molecule has 0 saturated heterocycles. The summed E-state index contributed by atoms with van der Waals surface area (Å²) in [4.78, 5) is 37.0. The van der Waals surface area contributed by atoms with E-state index in [0.29, 0.717) is 22.6 Å². The molecule has 1 aromatic heterocycles. The maximum Gasteiger partial charge on any atom is 0.427 e. The number of rotatable bonds is 5. The van der Waals surface area contributed by atoms with E-state index >= 15 is 0 Å². The number of amides is 1. The minimum atomic E-state index is -0.535. The molecule has 0 spiro atoms. The Balaban J connectivity index is 0.000000575. The van der Waals surface area contributed by atoms with Crippen molar-refractivity contribution in [3.8, 4) is 5.69 Å². The van der Waals surface area contributed by atoms with Gasteiger partial charge < -0.3 is 15.3 Å². The Hall–Kier alpha value is -4.21. The quantitative estimate of drug-likeness (QED) is 0.208. The summed E-state index contributed by atoms with van der Waals surface area (Å²) >= 11 is 0. The summed E-state index contributed by atoms with van der Waals surface area (Å²) in [5, 5.41) is 17.0. The molecule has 2 aromatic carbocycles. The van der Waals surface area contributed by atoms with Crippen LogP contribution in [0.4, 0.5) is 11.4 Å². The summed E-state index contributed by atoms with van der Waals surface area (Å²) in [6.45, 7) is 1.47. The molecule has 0 saturated carbocycles. The number of aliphatic imine (C=N–C) groups is 1. The van der Waals surface area contributed by atoms with E-state index in [0.717, 1.165) is 6.41 Å². The van der Waals surface area contributed by atoms with E-state index in [-0.39, 0.29) is 5.78 Å². The fraction of sp³-hybridized carbons (Fsp3) is 0.150. The number of carbonyl (C=O) groups is 2. The molecule has 3 rings (SSSR count). The number of hydrogen-bond donors (Lipinski definition) is 2. The average molecular weight is 411 g/mol. The van der Waals surface area contributed by atoms with Gasteiger partial charge in [0.25, 0.3) is 6.20 Å². The Kier molecular flexibility index (Phi) is 7.63. The second-order valence-corrected chi connectivity index (χ2v) is 6.27. The van der Waals surface area contributed by atoms with Crippen LogP contribution in [0.5, 0.6) is 0 Å². The summed E-state index contributed by atoms with van der Waals surface area (Å²) in [6.07, 6.45) is 2.01. The number of hydrogen-bond acceptors (Lipinski definition) is 6. The lowest BCUT2D eigenvalue weighted by molar-refractivity contribution is -0.670. The summed E-state index contributed by atoms with van der Waals surface area (Å²) in [7, 11) is 3.38. The van der Waals surface area contributed by atoms with Gasteiger partial charge in [0.05, 0.1) is 11.7 Å². The molecule has 0 bridgehead atoms. The monoisotopic (exact) mass is 411 g/mol. The van der Waals surface area contributed by atoms with E-state index in [4.69, 9.17) is 0 Å².